The van der Waals surface area contributed by atoms with Crippen LogP contribution in [0, 0.1) is 0 Å². The number of hydrogen-bond donors (Lipinski definition) is 4. The van der Waals surface area contributed by atoms with Gasteiger partial charge in [0.1, 0.15) is 17.8 Å². The topological polar surface area (TPSA) is 130 Å². The van der Waals surface area contributed by atoms with Crippen LogP contribution in [0.2, 0.25) is 5.02 Å². The van der Waals surface area contributed by atoms with Crippen molar-refractivity contribution < 1.29 is 14.3 Å². The van der Waals surface area contributed by atoms with Gasteiger partial charge in [0.2, 0.25) is 0 Å². The van der Waals surface area contributed by atoms with Gasteiger partial charge in [0.05, 0.1) is 11.3 Å². The fraction of sp³-hybridized carbons (Fsp3) is 0.368. The van der Waals surface area contributed by atoms with E-state index in [-0.39, 0.29) is 17.6 Å². The van der Waals surface area contributed by atoms with Gasteiger partial charge >= 0.3 is 6.03 Å². The van der Waals surface area contributed by atoms with E-state index < -0.39 is 11.9 Å². The number of nitrogens with two attached hydrogens (primary N) is 2. The first-order valence-electron chi connectivity index (χ1n) is 9.23. The third kappa shape index (κ3) is 5.00. The second-order valence-electron chi connectivity index (χ2n) is 7.02. The van der Waals surface area contributed by atoms with E-state index in [0.29, 0.717) is 22.0 Å². The normalized spacial score (nSPS) is 16.4. The van der Waals surface area contributed by atoms with Gasteiger partial charge in [-0.05, 0) is 38.2 Å². The van der Waals surface area contributed by atoms with Crippen LogP contribution in [-0.4, -0.2) is 66.2 Å². The summed E-state index contributed by atoms with van der Waals surface area (Å²) < 4.78 is 6.22. The molecule has 10 heteroatoms. The molecule has 29 heavy (non-hydrogen) atoms. The molecule has 1 aliphatic heterocycles. The van der Waals surface area contributed by atoms with Gasteiger partial charge in [-0.2, -0.15) is 0 Å². The van der Waals surface area contributed by atoms with Crippen LogP contribution in [0.1, 0.15) is 17.3 Å². The van der Waals surface area contributed by atoms with Crippen molar-refractivity contribution in [1.29, 1.82) is 0 Å². The van der Waals surface area contributed by atoms with Crippen LogP contribution in [0.15, 0.2) is 24.3 Å². The van der Waals surface area contributed by atoms with E-state index in [1.165, 1.54) is 6.07 Å². The van der Waals surface area contributed by atoms with Gasteiger partial charge in [-0.1, -0.05) is 11.6 Å². The molecule has 0 radical (unpaired) electrons. The highest BCUT2D eigenvalue weighted by atomic mass is 35.5. The van der Waals surface area contributed by atoms with E-state index in [1.807, 2.05) is 6.92 Å². The Morgan fingerprint density at radius 3 is 2.52 bits per heavy atom. The molecular weight excluding hydrogens is 396 g/mol. The van der Waals surface area contributed by atoms with Crippen molar-refractivity contribution in [3.8, 4) is 17.0 Å². The van der Waals surface area contributed by atoms with E-state index in [0.717, 1.165) is 26.2 Å². The first-order valence-corrected chi connectivity index (χ1v) is 9.61. The molecule has 1 atom stereocenters. The summed E-state index contributed by atoms with van der Waals surface area (Å²) in [6.07, 6.45) is -0.155. The minimum Gasteiger partial charge on any atom is -0.475 e. The number of hydrogen-bond acceptors (Lipinski definition) is 5. The number of carbonyl (C=O) groups excluding carboxylic acids is 2. The second-order valence-corrected chi connectivity index (χ2v) is 7.46. The number of aromatic nitrogens is 1. The molecule has 1 aromatic carbocycles. The number of piperazine rings is 1. The number of rotatable bonds is 6. The van der Waals surface area contributed by atoms with Crippen LogP contribution in [0.5, 0.6) is 5.75 Å². The summed E-state index contributed by atoms with van der Waals surface area (Å²) in [5, 5.41) is 2.87. The summed E-state index contributed by atoms with van der Waals surface area (Å²) in [5.41, 5.74) is 11.9. The second kappa shape index (κ2) is 8.73. The molecular formula is C19H25ClN6O3. The maximum Gasteiger partial charge on any atom is 0.317 e. The molecule has 2 aromatic rings. The molecule has 3 rings (SSSR count). The molecule has 0 saturated carbocycles. The predicted octanol–water partition coefficient (Wildman–Crippen LogP) is 1.90. The van der Waals surface area contributed by atoms with Gasteiger partial charge in [0, 0.05) is 36.8 Å². The first-order chi connectivity index (χ1) is 13.7. The molecule has 6 N–H and O–H groups in total. The Hall–Kier alpha value is -2.75. The van der Waals surface area contributed by atoms with Crippen molar-refractivity contribution in [2.75, 3.05) is 38.5 Å². The van der Waals surface area contributed by atoms with Crippen molar-refractivity contribution in [3.05, 3.63) is 34.9 Å². The zero-order chi connectivity index (χ0) is 21.1. The maximum atomic E-state index is 11.8. The van der Waals surface area contributed by atoms with Crippen LogP contribution < -0.4 is 21.5 Å². The smallest absolute Gasteiger partial charge is 0.317 e. The average Bonchev–Trinajstić information content (AvgIpc) is 3.07. The molecule has 1 aromatic heterocycles. The standard InChI is InChI=1S/C19H25ClN6O3/c1-11(26-7-5-25(2)6-8-26)29-16-4-3-12(20)9-13(16)15-10-14(17(21)27)18(23-15)24-19(22)28/h3-4,9-11,23H,5-8H2,1-2H3,(H2,21,27)(H3,22,24,28). The predicted molar refractivity (Wildman–Crippen MR) is 112 cm³/mol. The number of H-pyrrole nitrogens is 1. The molecule has 1 unspecified atom stereocenters. The zero-order valence-electron chi connectivity index (χ0n) is 16.4. The minimum absolute atomic E-state index is 0.108. The fourth-order valence-electron chi connectivity index (χ4n) is 3.28. The molecule has 2 heterocycles. The van der Waals surface area contributed by atoms with Gasteiger partial charge in [0.15, 0.2) is 0 Å². The van der Waals surface area contributed by atoms with Crippen LogP contribution in [-0.2, 0) is 0 Å². The van der Waals surface area contributed by atoms with E-state index in [2.05, 4.69) is 27.1 Å². The lowest BCUT2D eigenvalue weighted by Crippen LogP contribution is -2.49. The van der Waals surface area contributed by atoms with Crippen molar-refractivity contribution in [2.24, 2.45) is 11.5 Å². The van der Waals surface area contributed by atoms with Gasteiger partial charge in [-0.25, -0.2) is 4.79 Å². The Labute approximate surface area is 173 Å². The summed E-state index contributed by atoms with van der Waals surface area (Å²) in [4.78, 5) is 30.5. The number of nitrogens with zero attached hydrogens (tertiary/aromatic N) is 2. The number of carbonyl (C=O) groups is 2. The number of primary amides is 2. The number of benzene rings is 1. The van der Waals surface area contributed by atoms with Crippen LogP contribution >= 0.6 is 11.6 Å². The van der Waals surface area contributed by atoms with Gasteiger partial charge in [-0.15, -0.1) is 0 Å². The fourth-order valence-corrected chi connectivity index (χ4v) is 3.45. The number of amides is 3. The molecule has 9 nitrogen and oxygen atoms in total. The van der Waals surface area contributed by atoms with Gasteiger partial charge in [0.25, 0.3) is 5.91 Å². The van der Waals surface area contributed by atoms with Crippen molar-refractivity contribution in [3.63, 3.8) is 0 Å². The minimum atomic E-state index is -0.813. The highest BCUT2D eigenvalue weighted by Gasteiger charge is 2.23. The number of halogens is 1. The summed E-state index contributed by atoms with van der Waals surface area (Å²) in [6.45, 7) is 5.75. The molecule has 156 valence electrons. The number of aromatic amines is 1. The van der Waals surface area contributed by atoms with E-state index >= 15 is 0 Å². The van der Waals surface area contributed by atoms with E-state index in [4.69, 9.17) is 27.8 Å². The summed E-state index contributed by atoms with van der Waals surface area (Å²) in [7, 11) is 2.10. The number of anilines is 1. The molecule has 0 bridgehead atoms. The highest BCUT2D eigenvalue weighted by molar-refractivity contribution is 6.31. The Morgan fingerprint density at radius 2 is 1.90 bits per heavy atom. The summed E-state index contributed by atoms with van der Waals surface area (Å²) in [6, 6.07) is 5.95. The zero-order valence-corrected chi connectivity index (χ0v) is 17.1. The number of nitrogens with one attached hydrogen (secondary N) is 2. The van der Waals surface area contributed by atoms with Crippen LogP contribution in [0.25, 0.3) is 11.3 Å². The molecule has 1 aliphatic rings. The van der Waals surface area contributed by atoms with Crippen molar-refractivity contribution >= 4 is 29.4 Å². The van der Waals surface area contributed by atoms with Crippen LogP contribution in [0.4, 0.5) is 10.6 Å². The average molecular weight is 421 g/mol. The van der Waals surface area contributed by atoms with E-state index in [1.54, 1.807) is 18.2 Å². The lowest BCUT2D eigenvalue weighted by atomic mass is 10.1. The van der Waals surface area contributed by atoms with Crippen molar-refractivity contribution in [1.82, 2.24) is 14.8 Å². The number of likely N-dealkylation sites (N-methyl/N-ethyl adjacent to an activating group) is 1. The Morgan fingerprint density at radius 1 is 1.21 bits per heavy atom. The Balaban J connectivity index is 1.91. The van der Waals surface area contributed by atoms with Gasteiger partial charge < -0.3 is 26.1 Å². The number of ether oxygens (including phenoxy) is 1. The summed E-state index contributed by atoms with van der Waals surface area (Å²) >= 11 is 6.19. The first kappa shape index (κ1) is 21.0. The Kier molecular flexibility index (Phi) is 6.31. The monoisotopic (exact) mass is 420 g/mol. The van der Waals surface area contributed by atoms with Crippen molar-refractivity contribution in [2.45, 2.75) is 13.2 Å². The van der Waals surface area contributed by atoms with Crippen LogP contribution in [0.3, 0.4) is 0 Å². The highest BCUT2D eigenvalue weighted by Crippen LogP contribution is 2.35. The quantitative estimate of drug-likeness (QED) is 0.567. The molecule has 1 saturated heterocycles. The third-order valence-corrected chi connectivity index (χ3v) is 5.15. The SMILES string of the molecule is CC(Oc1ccc(Cl)cc1-c1cc(C(N)=O)c(NC(N)=O)[nH]1)N1CCN(C)CC1. The Bertz CT molecular complexity index is 907. The maximum absolute atomic E-state index is 11.8. The summed E-state index contributed by atoms with van der Waals surface area (Å²) in [5.74, 6) is 0.00770. The molecule has 3 amide bonds. The lowest BCUT2D eigenvalue weighted by Gasteiger charge is -2.36. The van der Waals surface area contributed by atoms with Gasteiger partial charge in [-0.3, -0.25) is 15.0 Å². The molecule has 1 fully saturated rings. The van der Waals surface area contributed by atoms with E-state index in [9.17, 15) is 9.59 Å². The lowest BCUT2D eigenvalue weighted by molar-refractivity contribution is 0.00938. The third-order valence-electron chi connectivity index (χ3n) is 4.91. The number of urea groups is 1. The molecule has 0 spiro atoms. The largest absolute Gasteiger partial charge is 0.475 e. The molecule has 0 aliphatic carbocycles.